The maximum Gasteiger partial charge on any atom is 0.122 e. The lowest BCUT2D eigenvalue weighted by molar-refractivity contribution is 0.301. The highest BCUT2D eigenvalue weighted by Gasteiger charge is 2.11. The summed E-state index contributed by atoms with van der Waals surface area (Å²) in [7, 11) is 0. The highest BCUT2D eigenvalue weighted by atomic mass is 16.5. The van der Waals surface area contributed by atoms with Crippen LogP contribution in [0, 0.1) is 13.8 Å². The summed E-state index contributed by atoms with van der Waals surface area (Å²) in [4.78, 5) is 0. The van der Waals surface area contributed by atoms with Gasteiger partial charge in [-0.2, -0.15) is 0 Å². The summed E-state index contributed by atoms with van der Waals surface area (Å²) in [6.45, 7) is 5.73. The van der Waals surface area contributed by atoms with Crippen molar-refractivity contribution in [3.8, 4) is 5.75 Å². The molecule has 2 aromatic carbocycles. The molecule has 0 aliphatic rings. The van der Waals surface area contributed by atoms with Crippen LogP contribution in [0.2, 0.25) is 0 Å². The fourth-order valence-electron chi connectivity index (χ4n) is 2.84. The molecule has 0 spiro atoms. The van der Waals surface area contributed by atoms with Crippen LogP contribution in [-0.4, -0.2) is 13.2 Å². The highest BCUT2D eigenvalue weighted by Crippen LogP contribution is 2.24. The van der Waals surface area contributed by atoms with Gasteiger partial charge in [0, 0.05) is 0 Å². The maximum atomic E-state index is 5.97. The van der Waals surface area contributed by atoms with E-state index in [-0.39, 0.29) is 0 Å². The minimum absolute atomic E-state index is 0.458. The average Bonchev–Trinajstić information content (AvgIpc) is 2.53. The summed E-state index contributed by atoms with van der Waals surface area (Å²) < 4.78 is 5.85. The molecule has 0 radical (unpaired) electrons. The fourth-order valence-corrected chi connectivity index (χ4v) is 2.84. The fraction of sp³-hybridized carbons (Fsp3) is 0.400. The van der Waals surface area contributed by atoms with Crippen LogP contribution in [0.4, 0.5) is 0 Å². The third-order valence-corrected chi connectivity index (χ3v) is 4.21. The van der Waals surface area contributed by atoms with Crippen molar-refractivity contribution in [2.75, 3.05) is 13.2 Å². The van der Waals surface area contributed by atoms with Gasteiger partial charge in [-0.25, -0.2) is 0 Å². The minimum atomic E-state index is 0.458. The van der Waals surface area contributed by atoms with E-state index in [1.165, 1.54) is 16.7 Å². The van der Waals surface area contributed by atoms with Crippen molar-refractivity contribution in [3.63, 3.8) is 0 Å². The lowest BCUT2D eigenvalue weighted by Gasteiger charge is -2.17. The third-order valence-electron chi connectivity index (χ3n) is 4.21. The number of nitrogens with two attached hydrogens (primary N) is 1. The predicted molar refractivity (Wildman–Crippen MR) is 93.5 cm³/mol. The van der Waals surface area contributed by atoms with E-state index < -0.39 is 0 Å². The van der Waals surface area contributed by atoms with Gasteiger partial charge in [-0.3, -0.25) is 0 Å². The molecular weight excluding hydrogens is 270 g/mol. The first-order valence-electron chi connectivity index (χ1n) is 8.16. The van der Waals surface area contributed by atoms with Gasteiger partial charge in [0.15, 0.2) is 0 Å². The molecule has 1 atom stereocenters. The number of aryl methyl sites for hydroxylation is 2. The lowest BCUT2D eigenvalue weighted by atomic mass is 9.90. The van der Waals surface area contributed by atoms with Crippen molar-refractivity contribution in [3.05, 3.63) is 65.2 Å². The van der Waals surface area contributed by atoms with Gasteiger partial charge >= 0.3 is 0 Å². The summed E-state index contributed by atoms with van der Waals surface area (Å²) >= 11 is 0. The molecule has 0 aromatic heterocycles. The van der Waals surface area contributed by atoms with E-state index in [4.69, 9.17) is 10.5 Å². The molecule has 2 rings (SSSR count). The van der Waals surface area contributed by atoms with E-state index in [9.17, 15) is 0 Å². The number of rotatable bonds is 8. The SMILES string of the molecule is Cc1ccccc1OCCCCC(CN)c1ccccc1C. The molecule has 2 heteroatoms. The summed E-state index contributed by atoms with van der Waals surface area (Å²) in [5.41, 5.74) is 9.90. The van der Waals surface area contributed by atoms with E-state index in [2.05, 4.69) is 44.2 Å². The number of ether oxygens (including phenoxy) is 1. The van der Waals surface area contributed by atoms with Gasteiger partial charge in [0.1, 0.15) is 5.75 Å². The normalized spacial score (nSPS) is 12.1. The van der Waals surface area contributed by atoms with Gasteiger partial charge in [0.05, 0.1) is 6.61 Å². The maximum absolute atomic E-state index is 5.97. The number of hydrogen-bond acceptors (Lipinski definition) is 2. The van der Waals surface area contributed by atoms with Crippen LogP contribution in [0.15, 0.2) is 48.5 Å². The topological polar surface area (TPSA) is 35.2 Å². The zero-order chi connectivity index (χ0) is 15.8. The van der Waals surface area contributed by atoms with Crippen LogP contribution in [0.5, 0.6) is 5.75 Å². The molecule has 2 nitrogen and oxygen atoms in total. The highest BCUT2D eigenvalue weighted by molar-refractivity contribution is 5.31. The van der Waals surface area contributed by atoms with Crippen LogP contribution in [0.25, 0.3) is 0 Å². The molecule has 0 saturated carbocycles. The largest absolute Gasteiger partial charge is 0.493 e. The molecule has 0 fully saturated rings. The van der Waals surface area contributed by atoms with Crippen molar-refractivity contribution < 1.29 is 4.74 Å². The van der Waals surface area contributed by atoms with E-state index in [0.717, 1.165) is 31.6 Å². The van der Waals surface area contributed by atoms with Gasteiger partial charge < -0.3 is 10.5 Å². The zero-order valence-corrected chi connectivity index (χ0v) is 13.7. The summed E-state index contributed by atoms with van der Waals surface area (Å²) in [5, 5.41) is 0. The second kappa shape index (κ2) is 8.60. The summed E-state index contributed by atoms with van der Waals surface area (Å²) in [6.07, 6.45) is 3.33. The molecule has 0 amide bonds. The molecular formula is C20H27NO. The Morgan fingerprint density at radius 1 is 0.909 bits per heavy atom. The van der Waals surface area contributed by atoms with E-state index >= 15 is 0 Å². The smallest absolute Gasteiger partial charge is 0.122 e. The first-order chi connectivity index (χ1) is 10.7. The van der Waals surface area contributed by atoms with Gasteiger partial charge in [-0.15, -0.1) is 0 Å². The molecule has 0 saturated heterocycles. The van der Waals surface area contributed by atoms with Crippen LogP contribution in [0.3, 0.4) is 0 Å². The average molecular weight is 297 g/mol. The van der Waals surface area contributed by atoms with Crippen LogP contribution in [0.1, 0.15) is 41.9 Å². The van der Waals surface area contributed by atoms with Gasteiger partial charge in [0.25, 0.3) is 0 Å². The third kappa shape index (κ3) is 4.60. The van der Waals surface area contributed by atoms with E-state index in [1.807, 2.05) is 18.2 Å². The van der Waals surface area contributed by atoms with Gasteiger partial charge in [0.2, 0.25) is 0 Å². The minimum Gasteiger partial charge on any atom is -0.493 e. The Morgan fingerprint density at radius 2 is 1.59 bits per heavy atom. The second-order valence-corrected chi connectivity index (χ2v) is 5.90. The molecule has 0 heterocycles. The second-order valence-electron chi connectivity index (χ2n) is 5.90. The molecule has 0 bridgehead atoms. The lowest BCUT2D eigenvalue weighted by Crippen LogP contribution is -2.14. The Bertz CT molecular complexity index is 579. The zero-order valence-electron chi connectivity index (χ0n) is 13.7. The Hall–Kier alpha value is -1.80. The quantitative estimate of drug-likeness (QED) is 0.723. The number of unbranched alkanes of at least 4 members (excludes halogenated alkanes) is 1. The Morgan fingerprint density at radius 3 is 2.27 bits per heavy atom. The summed E-state index contributed by atoms with van der Waals surface area (Å²) in [5.74, 6) is 1.46. The van der Waals surface area contributed by atoms with Crippen molar-refractivity contribution in [1.82, 2.24) is 0 Å². The van der Waals surface area contributed by atoms with E-state index in [0.29, 0.717) is 12.5 Å². The Kier molecular flexibility index (Phi) is 6.47. The summed E-state index contributed by atoms with van der Waals surface area (Å²) in [6, 6.07) is 16.7. The molecule has 1 unspecified atom stereocenters. The van der Waals surface area contributed by atoms with Crippen LogP contribution >= 0.6 is 0 Å². The Labute approximate surface area is 134 Å². The van der Waals surface area contributed by atoms with Crippen molar-refractivity contribution in [2.45, 2.75) is 39.0 Å². The van der Waals surface area contributed by atoms with Crippen molar-refractivity contribution in [1.29, 1.82) is 0 Å². The number of benzene rings is 2. The first kappa shape index (κ1) is 16.6. The number of hydrogen-bond donors (Lipinski definition) is 1. The standard InChI is InChI=1S/C20H27NO/c1-16-9-3-5-12-19(16)18(15-21)11-7-8-14-22-20-13-6-4-10-17(20)2/h3-6,9-10,12-13,18H,7-8,11,14-15,21H2,1-2H3. The molecule has 0 aliphatic carbocycles. The number of para-hydroxylation sites is 1. The molecule has 22 heavy (non-hydrogen) atoms. The van der Waals surface area contributed by atoms with Crippen molar-refractivity contribution in [2.24, 2.45) is 5.73 Å². The van der Waals surface area contributed by atoms with Gasteiger partial charge in [-0.05, 0) is 68.3 Å². The monoisotopic (exact) mass is 297 g/mol. The molecule has 118 valence electrons. The molecule has 2 aromatic rings. The van der Waals surface area contributed by atoms with Crippen LogP contribution in [-0.2, 0) is 0 Å². The van der Waals surface area contributed by atoms with Crippen LogP contribution < -0.4 is 10.5 Å². The molecule has 2 N–H and O–H groups in total. The first-order valence-corrected chi connectivity index (χ1v) is 8.16. The van der Waals surface area contributed by atoms with Gasteiger partial charge in [-0.1, -0.05) is 42.5 Å². The van der Waals surface area contributed by atoms with Crippen molar-refractivity contribution >= 4 is 0 Å². The predicted octanol–water partition coefficient (Wildman–Crippen LogP) is 4.60. The Balaban J connectivity index is 1.76. The molecule has 0 aliphatic heterocycles. The van der Waals surface area contributed by atoms with E-state index in [1.54, 1.807) is 0 Å².